The van der Waals surface area contributed by atoms with Crippen molar-refractivity contribution >= 4 is 17.7 Å². The third-order valence-corrected chi connectivity index (χ3v) is 4.76. The number of nitrogens with two attached hydrogens (primary N) is 1. The van der Waals surface area contributed by atoms with Gasteiger partial charge in [-0.1, -0.05) is 6.92 Å². The minimum Gasteiger partial charge on any atom is -0.334 e. The van der Waals surface area contributed by atoms with Gasteiger partial charge in [-0.05, 0) is 19.1 Å². The Morgan fingerprint density at radius 2 is 2.39 bits per heavy atom. The number of rotatable bonds is 2. The summed E-state index contributed by atoms with van der Waals surface area (Å²) in [6, 6.07) is 3.83. The highest BCUT2D eigenvalue weighted by Crippen LogP contribution is 2.25. The van der Waals surface area contributed by atoms with Gasteiger partial charge in [-0.3, -0.25) is 9.78 Å². The number of thioether (sulfide) groups is 1. The third kappa shape index (κ3) is 2.67. The highest BCUT2D eigenvalue weighted by Gasteiger charge is 2.29. The van der Waals surface area contributed by atoms with Gasteiger partial charge in [0, 0.05) is 41.9 Å². The van der Waals surface area contributed by atoms with Crippen LogP contribution in [0.15, 0.2) is 18.3 Å². The molecule has 1 saturated heterocycles. The molecule has 1 aromatic heterocycles. The topological polar surface area (TPSA) is 59.2 Å². The quantitative estimate of drug-likeness (QED) is 0.880. The van der Waals surface area contributed by atoms with E-state index in [1.165, 1.54) is 0 Å². The molecule has 2 unspecified atom stereocenters. The molecular weight excluding hydrogens is 246 g/mol. The zero-order chi connectivity index (χ0) is 13.1. The molecule has 1 aliphatic heterocycles. The Labute approximate surface area is 112 Å². The van der Waals surface area contributed by atoms with Crippen molar-refractivity contribution < 1.29 is 4.79 Å². The van der Waals surface area contributed by atoms with Crippen molar-refractivity contribution in [1.82, 2.24) is 9.88 Å². The van der Waals surface area contributed by atoms with Gasteiger partial charge in [0.25, 0.3) is 5.91 Å². The average molecular weight is 265 g/mol. The molecule has 2 atom stereocenters. The number of hydrogen-bond donors (Lipinski definition) is 1. The molecule has 0 radical (unpaired) electrons. The summed E-state index contributed by atoms with van der Waals surface area (Å²) in [7, 11) is 0. The number of carbonyl (C=O) groups is 1. The van der Waals surface area contributed by atoms with Gasteiger partial charge in [0.05, 0.1) is 5.69 Å². The Kier molecular flexibility index (Phi) is 4.24. The second kappa shape index (κ2) is 5.71. The lowest BCUT2D eigenvalue weighted by atomic mass is 10.1. The maximum Gasteiger partial charge on any atom is 0.254 e. The van der Waals surface area contributed by atoms with Gasteiger partial charge in [0.1, 0.15) is 0 Å². The second-order valence-corrected chi connectivity index (χ2v) is 6.04. The highest BCUT2D eigenvalue weighted by molar-refractivity contribution is 8.00. The van der Waals surface area contributed by atoms with Gasteiger partial charge < -0.3 is 10.6 Å². The largest absolute Gasteiger partial charge is 0.334 e. The first-order valence-corrected chi connectivity index (χ1v) is 7.26. The van der Waals surface area contributed by atoms with Crippen LogP contribution in [-0.4, -0.2) is 39.4 Å². The molecule has 98 valence electrons. The SMILES string of the molecule is CC1SCCN(C(=O)c2ccnc(CN)c2)C1C. The third-order valence-electron chi connectivity index (χ3n) is 3.42. The van der Waals surface area contributed by atoms with E-state index in [0.29, 0.717) is 17.4 Å². The molecule has 2 heterocycles. The van der Waals surface area contributed by atoms with Gasteiger partial charge in [-0.2, -0.15) is 11.8 Å². The minimum atomic E-state index is 0.0896. The van der Waals surface area contributed by atoms with Crippen LogP contribution in [-0.2, 0) is 6.54 Å². The molecule has 0 aliphatic carbocycles. The lowest BCUT2D eigenvalue weighted by molar-refractivity contribution is 0.0698. The van der Waals surface area contributed by atoms with E-state index in [1.54, 1.807) is 18.3 Å². The molecule has 0 aromatic carbocycles. The van der Waals surface area contributed by atoms with E-state index in [2.05, 4.69) is 18.8 Å². The molecule has 2 rings (SSSR count). The molecule has 4 nitrogen and oxygen atoms in total. The lowest BCUT2D eigenvalue weighted by Gasteiger charge is -2.37. The van der Waals surface area contributed by atoms with Crippen LogP contribution in [0.2, 0.25) is 0 Å². The minimum absolute atomic E-state index is 0.0896. The number of pyridine rings is 1. The van der Waals surface area contributed by atoms with Crippen LogP contribution in [0.25, 0.3) is 0 Å². The maximum atomic E-state index is 12.5. The predicted octanol–water partition coefficient (Wildman–Crippen LogP) is 1.51. The van der Waals surface area contributed by atoms with Crippen molar-refractivity contribution in [3.8, 4) is 0 Å². The normalized spacial score (nSPS) is 24.1. The van der Waals surface area contributed by atoms with E-state index < -0.39 is 0 Å². The fourth-order valence-electron chi connectivity index (χ4n) is 2.11. The molecule has 18 heavy (non-hydrogen) atoms. The summed E-state index contributed by atoms with van der Waals surface area (Å²) in [6.45, 7) is 5.46. The molecule has 0 saturated carbocycles. The van der Waals surface area contributed by atoms with Gasteiger partial charge >= 0.3 is 0 Å². The smallest absolute Gasteiger partial charge is 0.254 e. The van der Waals surface area contributed by atoms with Crippen LogP contribution < -0.4 is 5.73 Å². The van der Waals surface area contributed by atoms with Crippen molar-refractivity contribution in [2.75, 3.05) is 12.3 Å². The van der Waals surface area contributed by atoms with Gasteiger partial charge in [-0.25, -0.2) is 0 Å². The van der Waals surface area contributed by atoms with Crippen LogP contribution >= 0.6 is 11.8 Å². The number of hydrogen-bond acceptors (Lipinski definition) is 4. The maximum absolute atomic E-state index is 12.5. The number of aromatic nitrogens is 1. The summed E-state index contributed by atoms with van der Waals surface area (Å²) < 4.78 is 0. The molecule has 1 amide bonds. The van der Waals surface area contributed by atoms with E-state index in [-0.39, 0.29) is 11.9 Å². The van der Waals surface area contributed by atoms with E-state index in [0.717, 1.165) is 18.0 Å². The Morgan fingerprint density at radius 3 is 3.11 bits per heavy atom. The van der Waals surface area contributed by atoms with Crippen molar-refractivity contribution in [2.24, 2.45) is 5.73 Å². The average Bonchev–Trinajstić information content (AvgIpc) is 2.41. The monoisotopic (exact) mass is 265 g/mol. The standard InChI is InChI=1S/C13H19N3OS/c1-9-10(2)18-6-5-16(9)13(17)11-3-4-15-12(7-11)8-14/h3-4,7,9-10H,5-6,8,14H2,1-2H3. The van der Waals surface area contributed by atoms with Crippen molar-refractivity contribution in [3.63, 3.8) is 0 Å². The molecule has 1 fully saturated rings. The van der Waals surface area contributed by atoms with Crippen molar-refractivity contribution in [1.29, 1.82) is 0 Å². The van der Waals surface area contributed by atoms with E-state index in [9.17, 15) is 4.79 Å². The van der Waals surface area contributed by atoms with E-state index in [1.807, 2.05) is 16.7 Å². The fourth-order valence-corrected chi connectivity index (χ4v) is 3.21. The van der Waals surface area contributed by atoms with Gasteiger partial charge in [-0.15, -0.1) is 0 Å². The first kappa shape index (κ1) is 13.4. The summed E-state index contributed by atoms with van der Waals surface area (Å²) in [6.07, 6.45) is 1.65. The molecule has 1 aromatic rings. The number of carbonyl (C=O) groups excluding carboxylic acids is 1. The van der Waals surface area contributed by atoms with Crippen LogP contribution in [0.1, 0.15) is 29.9 Å². The van der Waals surface area contributed by atoms with Crippen LogP contribution in [0, 0.1) is 0 Å². The molecule has 2 N–H and O–H groups in total. The summed E-state index contributed by atoms with van der Waals surface area (Å²) in [4.78, 5) is 18.5. The fraction of sp³-hybridized carbons (Fsp3) is 0.538. The second-order valence-electron chi connectivity index (χ2n) is 4.56. The molecular formula is C13H19N3OS. The number of nitrogens with zero attached hydrogens (tertiary/aromatic N) is 2. The Bertz CT molecular complexity index is 438. The van der Waals surface area contributed by atoms with Gasteiger partial charge in [0.15, 0.2) is 0 Å². The highest BCUT2D eigenvalue weighted by atomic mass is 32.2. The summed E-state index contributed by atoms with van der Waals surface area (Å²) in [5.41, 5.74) is 7.00. The zero-order valence-electron chi connectivity index (χ0n) is 10.8. The Balaban J connectivity index is 2.19. The lowest BCUT2D eigenvalue weighted by Crippen LogP contribution is -2.48. The summed E-state index contributed by atoms with van der Waals surface area (Å²) in [5.74, 6) is 1.10. The van der Waals surface area contributed by atoms with Crippen LogP contribution in [0.5, 0.6) is 0 Å². The van der Waals surface area contributed by atoms with Crippen molar-refractivity contribution in [2.45, 2.75) is 31.7 Å². The van der Waals surface area contributed by atoms with E-state index >= 15 is 0 Å². The molecule has 1 aliphatic rings. The first-order chi connectivity index (χ1) is 8.63. The summed E-state index contributed by atoms with van der Waals surface area (Å²) in [5, 5.41) is 0.485. The molecule has 0 spiro atoms. The summed E-state index contributed by atoms with van der Waals surface area (Å²) >= 11 is 1.92. The van der Waals surface area contributed by atoms with Crippen LogP contribution in [0.4, 0.5) is 0 Å². The zero-order valence-corrected chi connectivity index (χ0v) is 11.6. The predicted molar refractivity (Wildman–Crippen MR) is 74.5 cm³/mol. The van der Waals surface area contributed by atoms with Gasteiger partial charge in [0.2, 0.25) is 0 Å². The van der Waals surface area contributed by atoms with Crippen LogP contribution in [0.3, 0.4) is 0 Å². The Morgan fingerprint density at radius 1 is 1.61 bits per heavy atom. The molecule has 5 heteroatoms. The first-order valence-electron chi connectivity index (χ1n) is 6.21. The molecule has 0 bridgehead atoms. The van der Waals surface area contributed by atoms with Crippen molar-refractivity contribution in [3.05, 3.63) is 29.6 Å². The Hall–Kier alpha value is -1.07. The number of amides is 1. The van der Waals surface area contributed by atoms with E-state index in [4.69, 9.17) is 5.73 Å².